The molecule has 7 nitrogen and oxygen atoms in total. The molecule has 2 heterocycles. The van der Waals surface area contributed by atoms with Crippen LogP contribution in [0.3, 0.4) is 0 Å². The highest BCUT2D eigenvalue weighted by molar-refractivity contribution is 5.92. The number of hydrogen-bond acceptors (Lipinski definition) is 6. The third kappa shape index (κ3) is 5.61. The van der Waals surface area contributed by atoms with Crippen LogP contribution in [0.25, 0.3) is 6.08 Å². The first-order valence-corrected chi connectivity index (χ1v) is 9.64. The monoisotopic (exact) mass is 381 g/mol. The lowest BCUT2D eigenvalue weighted by Crippen LogP contribution is -2.39. The molecule has 2 aromatic rings. The number of hydrogen-bond donors (Lipinski definition) is 3. The Labute approximate surface area is 165 Å². The van der Waals surface area contributed by atoms with Crippen LogP contribution >= 0.6 is 0 Å². The summed E-state index contributed by atoms with van der Waals surface area (Å²) in [5, 5.41) is 12.2. The van der Waals surface area contributed by atoms with E-state index in [2.05, 4.69) is 51.4 Å². The van der Waals surface area contributed by atoms with Gasteiger partial charge in [0.2, 0.25) is 5.95 Å². The molecule has 1 amide bonds. The van der Waals surface area contributed by atoms with Gasteiger partial charge in [0.25, 0.3) is 5.91 Å². The van der Waals surface area contributed by atoms with Gasteiger partial charge in [-0.25, -0.2) is 15.4 Å². The predicted molar refractivity (Wildman–Crippen MR) is 109 cm³/mol. The minimum atomic E-state index is -0.605. The molecule has 28 heavy (non-hydrogen) atoms. The number of benzene rings is 1. The van der Waals surface area contributed by atoms with Gasteiger partial charge in [-0.15, -0.1) is 0 Å². The highest BCUT2D eigenvalue weighted by Crippen LogP contribution is 2.20. The smallest absolute Gasteiger partial charge is 0.277 e. The maximum Gasteiger partial charge on any atom is 0.277 e. The fraction of sp³-hybridized carbons (Fsp3) is 0.381. The highest BCUT2D eigenvalue weighted by atomic mass is 16.5. The van der Waals surface area contributed by atoms with Gasteiger partial charge in [-0.2, -0.15) is 0 Å². The minimum absolute atomic E-state index is 0.239. The number of amides is 1. The van der Waals surface area contributed by atoms with Crippen LogP contribution in [0, 0.1) is 5.92 Å². The van der Waals surface area contributed by atoms with Crippen molar-refractivity contribution in [3.8, 4) is 0 Å². The average Bonchev–Trinajstić information content (AvgIpc) is 2.77. The normalized spacial score (nSPS) is 16.3. The number of aromatic nitrogens is 2. The van der Waals surface area contributed by atoms with Crippen LogP contribution in [-0.4, -0.2) is 46.8 Å². The van der Waals surface area contributed by atoms with Gasteiger partial charge in [-0.1, -0.05) is 42.5 Å². The first-order valence-electron chi connectivity index (χ1n) is 9.64. The lowest BCUT2D eigenvalue weighted by Gasteiger charge is -2.32. The van der Waals surface area contributed by atoms with E-state index in [-0.39, 0.29) is 5.56 Å². The molecule has 7 heteroatoms. The van der Waals surface area contributed by atoms with Crippen molar-refractivity contribution in [3.05, 3.63) is 59.9 Å². The molecule has 1 saturated heterocycles. The predicted octanol–water partition coefficient (Wildman–Crippen LogP) is 2.50. The zero-order valence-electron chi connectivity index (χ0n) is 16.1. The maximum atomic E-state index is 11.3. The van der Waals surface area contributed by atoms with E-state index in [4.69, 9.17) is 5.21 Å². The van der Waals surface area contributed by atoms with Gasteiger partial charge in [-0.3, -0.25) is 10.0 Å². The van der Waals surface area contributed by atoms with Crippen LogP contribution in [0.15, 0.2) is 48.8 Å². The molecule has 1 aromatic carbocycles. The Morgan fingerprint density at radius 1 is 1.25 bits per heavy atom. The van der Waals surface area contributed by atoms with Crippen molar-refractivity contribution in [1.82, 2.24) is 20.8 Å². The Morgan fingerprint density at radius 2 is 1.93 bits per heavy atom. The molecule has 0 bridgehead atoms. The first-order chi connectivity index (χ1) is 13.7. The summed E-state index contributed by atoms with van der Waals surface area (Å²) in [6, 6.07) is 10.6. The third-order valence-corrected chi connectivity index (χ3v) is 5.00. The molecular weight excluding hydrogens is 354 g/mol. The highest BCUT2D eigenvalue weighted by Gasteiger charge is 2.21. The minimum Gasteiger partial charge on any atom is -0.341 e. The van der Waals surface area contributed by atoms with Crippen molar-refractivity contribution in [2.24, 2.45) is 5.92 Å². The van der Waals surface area contributed by atoms with E-state index in [1.54, 1.807) is 5.48 Å². The summed E-state index contributed by atoms with van der Waals surface area (Å²) in [6.45, 7) is 4.95. The second kappa shape index (κ2) is 9.96. The van der Waals surface area contributed by atoms with E-state index in [0.29, 0.717) is 17.9 Å². The topological polar surface area (TPSA) is 90.4 Å². The summed E-state index contributed by atoms with van der Waals surface area (Å²) >= 11 is 0. The summed E-state index contributed by atoms with van der Waals surface area (Å²) in [4.78, 5) is 22.0. The van der Waals surface area contributed by atoms with Gasteiger partial charge in [-0.05, 0) is 37.8 Å². The number of rotatable bonds is 7. The number of hydroxylamine groups is 1. The fourth-order valence-corrected chi connectivity index (χ4v) is 3.24. The molecule has 1 aliphatic rings. The number of carbonyl (C=O) groups excluding carboxylic acids is 1. The van der Waals surface area contributed by atoms with Crippen LogP contribution in [-0.2, 0) is 0 Å². The van der Waals surface area contributed by atoms with E-state index in [1.807, 2.05) is 18.2 Å². The molecule has 1 aliphatic heterocycles. The lowest BCUT2D eigenvalue weighted by atomic mass is 9.96. The second-order valence-electron chi connectivity index (χ2n) is 7.11. The summed E-state index contributed by atoms with van der Waals surface area (Å²) < 4.78 is 0. The maximum absolute atomic E-state index is 11.3. The van der Waals surface area contributed by atoms with Crippen molar-refractivity contribution in [2.75, 3.05) is 24.5 Å². The van der Waals surface area contributed by atoms with Crippen molar-refractivity contribution in [3.63, 3.8) is 0 Å². The Bertz CT molecular complexity index is 771. The van der Waals surface area contributed by atoms with Gasteiger partial charge in [0.1, 0.15) is 0 Å². The second-order valence-corrected chi connectivity index (χ2v) is 7.11. The van der Waals surface area contributed by atoms with E-state index in [0.717, 1.165) is 32.5 Å². The molecular formula is C21H27N5O2. The fourth-order valence-electron chi connectivity index (χ4n) is 3.24. The molecule has 1 fully saturated rings. The molecule has 1 atom stereocenters. The SMILES string of the molecule is CC(/C=C/c1ccccc1)NCC1CCN(c2ncc(C(=O)NO)cn2)CC1. The summed E-state index contributed by atoms with van der Waals surface area (Å²) in [5.41, 5.74) is 3.04. The molecule has 148 valence electrons. The summed E-state index contributed by atoms with van der Waals surface area (Å²) in [5.74, 6) is 0.648. The Morgan fingerprint density at radius 3 is 2.57 bits per heavy atom. The number of anilines is 1. The number of carbonyl (C=O) groups is 1. The van der Waals surface area contributed by atoms with Crippen LogP contribution in [0.4, 0.5) is 5.95 Å². The molecule has 0 aliphatic carbocycles. The zero-order chi connectivity index (χ0) is 19.8. The Hall–Kier alpha value is -2.77. The standard InChI is InChI=1S/C21H27N5O2/c1-16(7-8-17-5-3-2-4-6-17)22-13-18-9-11-26(12-10-18)21-23-14-19(15-24-21)20(27)25-28/h2-8,14-16,18,22,28H,9-13H2,1H3,(H,25,27)/b8-7+. The first kappa shape index (κ1) is 20.0. The van der Waals surface area contributed by atoms with Gasteiger partial charge in [0.05, 0.1) is 5.56 Å². The van der Waals surface area contributed by atoms with E-state index in [1.165, 1.54) is 18.0 Å². The summed E-state index contributed by atoms with van der Waals surface area (Å²) in [6.07, 6.45) is 9.36. The average molecular weight is 381 g/mol. The van der Waals surface area contributed by atoms with E-state index < -0.39 is 5.91 Å². The Kier molecular flexibility index (Phi) is 7.11. The largest absolute Gasteiger partial charge is 0.341 e. The molecule has 0 spiro atoms. The van der Waals surface area contributed by atoms with Gasteiger partial charge < -0.3 is 10.2 Å². The quantitative estimate of drug-likeness (QED) is 0.504. The molecule has 0 radical (unpaired) electrons. The lowest BCUT2D eigenvalue weighted by molar-refractivity contribution is 0.0705. The number of nitrogens with zero attached hydrogens (tertiary/aromatic N) is 3. The van der Waals surface area contributed by atoms with Crippen molar-refractivity contribution in [2.45, 2.75) is 25.8 Å². The number of nitrogens with one attached hydrogen (secondary N) is 2. The van der Waals surface area contributed by atoms with Crippen LogP contribution in [0.1, 0.15) is 35.7 Å². The molecule has 3 N–H and O–H groups in total. The zero-order valence-corrected chi connectivity index (χ0v) is 16.1. The van der Waals surface area contributed by atoms with E-state index >= 15 is 0 Å². The van der Waals surface area contributed by atoms with Crippen molar-refractivity contribution >= 4 is 17.9 Å². The molecule has 0 saturated carbocycles. The van der Waals surface area contributed by atoms with Gasteiger partial charge in [0, 0.05) is 31.5 Å². The van der Waals surface area contributed by atoms with Crippen molar-refractivity contribution in [1.29, 1.82) is 0 Å². The molecule has 1 unspecified atom stereocenters. The van der Waals surface area contributed by atoms with Crippen LogP contribution in [0.5, 0.6) is 0 Å². The molecule has 1 aromatic heterocycles. The van der Waals surface area contributed by atoms with Crippen molar-refractivity contribution < 1.29 is 10.0 Å². The van der Waals surface area contributed by atoms with Crippen LogP contribution in [0.2, 0.25) is 0 Å². The summed E-state index contributed by atoms with van der Waals surface area (Å²) in [7, 11) is 0. The van der Waals surface area contributed by atoms with Gasteiger partial charge >= 0.3 is 0 Å². The Balaban J connectivity index is 1.41. The third-order valence-electron chi connectivity index (χ3n) is 5.00. The number of piperidine rings is 1. The van der Waals surface area contributed by atoms with E-state index in [9.17, 15) is 4.79 Å². The van der Waals surface area contributed by atoms with Gasteiger partial charge in [0.15, 0.2) is 0 Å². The van der Waals surface area contributed by atoms with Crippen LogP contribution < -0.4 is 15.7 Å². The molecule has 3 rings (SSSR count).